The van der Waals surface area contributed by atoms with Gasteiger partial charge in [-0.1, -0.05) is 255 Å². The fourth-order valence-corrected chi connectivity index (χ4v) is 9.92. The van der Waals surface area contributed by atoms with Crippen molar-refractivity contribution in [3.05, 3.63) is 291 Å². The van der Waals surface area contributed by atoms with Gasteiger partial charge >= 0.3 is 0 Å². The van der Waals surface area contributed by atoms with Gasteiger partial charge in [-0.25, -0.2) is 29.9 Å². The number of rotatable bonds is 12. The van der Waals surface area contributed by atoms with Crippen molar-refractivity contribution < 1.29 is 0 Å². The Morgan fingerprint density at radius 1 is 0.115 bits per heavy atom. The highest BCUT2D eigenvalue weighted by Crippen LogP contribution is 2.36. The van der Waals surface area contributed by atoms with Crippen molar-refractivity contribution in [3.63, 3.8) is 0 Å². The molecule has 13 rings (SSSR count). The molecule has 0 amide bonds. The molecule has 6 nitrogen and oxygen atoms in total. The van der Waals surface area contributed by atoms with Gasteiger partial charge in [-0.05, 0) is 103 Å². The number of nitrogens with zero attached hydrogens (tertiary/aromatic N) is 6. The van der Waals surface area contributed by atoms with Crippen molar-refractivity contribution in [1.29, 1.82) is 0 Å². The van der Waals surface area contributed by atoms with Crippen LogP contribution in [0.25, 0.3) is 135 Å². The Kier molecular flexibility index (Phi) is 12.9. The van der Waals surface area contributed by atoms with E-state index in [1.165, 1.54) is 0 Å². The predicted molar refractivity (Wildman–Crippen MR) is 318 cm³/mol. The molecule has 0 aliphatic heterocycles. The lowest BCUT2D eigenvalue weighted by molar-refractivity contribution is 1.07. The fraction of sp³-hybridized carbons (Fsp3) is 0. The van der Waals surface area contributed by atoms with E-state index in [1.807, 2.05) is 72.8 Å². The highest BCUT2D eigenvalue weighted by atomic mass is 15.0. The normalized spacial score (nSPS) is 11.1. The van der Waals surface area contributed by atoms with Gasteiger partial charge in [-0.15, -0.1) is 0 Å². The van der Waals surface area contributed by atoms with E-state index in [0.29, 0.717) is 34.9 Å². The molecule has 0 atom stereocenters. The zero-order valence-corrected chi connectivity index (χ0v) is 42.4. The molecule has 0 spiro atoms. The molecule has 0 saturated heterocycles. The average Bonchev–Trinajstić information content (AvgIpc) is 3.58. The van der Waals surface area contributed by atoms with Crippen molar-refractivity contribution in [2.24, 2.45) is 0 Å². The van der Waals surface area contributed by atoms with Gasteiger partial charge in [-0.2, -0.15) is 0 Å². The summed E-state index contributed by atoms with van der Waals surface area (Å²) >= 11 is 0. The third-order valence-electron chi connectivity index (χ3n) is 14.0. The summed E-state index contributed by atoms with van der Waals surface area (Å²) in [5, 5.41) is 0. The minimum Gasteiger partial charge on any atom is -0.208 e. The van der Waals surface area contributed by atoms with Gasteiger partial charge in [-0.3, -0.25) is 0 Å². The van der Waals surface area contributed by atoms with Gasteiger partial charge < -0.3 is 0 Å². The number of hydrogen-bond acceptors (Lipinski definition) is 6. The largest absolute Gasteiger partial charge is 0.208 e. The molecule has 0 radical (unpaired) electrons. The Labute approximate surface area is 453 Å². The minimum atomic E-state index is 0.613. The van der Waals surface area contributed by atoms with Gasteiger partial charge in [0, 0.05) is 33.4 Å². The Bertz CT molecular complexity index is 4240. The first-order valence-corrected chi connectivity index (χ1v) is 26.1. The Morgan fingerprint density at radius 2 is 0.269 bits per heavy atom. The molecule has 0 fully saturated rings. The van der Waals surface area contributed by atoms with Crippen LogP contribution in [-0.2, 0) is 0 Å². The molecule has 0 aliphatic carbocycles. The van der Waals surface area contributed by atoms with E-state index < -0.39 is 0 Å². The van der Waals surface area contributed by atoms with Crippen LogP contribution in [0.2, 0.25) is 0 Å². The highest BCUT2D eigenvalue weighted by Gasteiger charge is 2.17. The molecule has 2 heterocycles. The number of hydrogen-bond donors (Lipinski definition) is 0. The molecular formula is C72H48N6. The molecule has 0 N–H and O–H groups in total. The van der Waals surface area contributed by atoms with E-state index in [1.54, 1.807) is 0 Å². The van der Waals surface area contributed by atoms with E-state index in [2.05, 4.69) is 218 Å². The van der Waals surface area contributed by atoms with Gasteiger partial charge in [0.2, 0.25) is 0 Å². The van der Waals surface area contributed by atoms with Crippen LogP contribution in [0, 0.1) is 0 Å². The van der Waals surface area contributed by atoms with E-state index in [4.69, 9.17) is 29.9 Å². The van der Waals surface area contributed by atoms with Crippen molar-refractivity contribution >= 4 is 0 Å². The van der Waals surface area contributed by atoms with Crippen LogP contribution in [0.15, 0.2) is 291 Å². The lowest BCUT2D eigenvalue weighted by Gasteiger charge is -2.12. The summed E-state index contributed by atoms with van der Waals surface area (Å²) in [7, 11) is 0. The van der Waals surface area contributed by atoms with Crippen molar-refractivity contribution in [1.82, 2.24) is 29.9 Å². The SMILES string of the molecule is c1ccc(-c2ccc(-c3nc(-c4ccccc4)nc(-c4cccc(-c5cccc(-c6cccc(-c7cccc(-c8cccc(-c9nc(-c%10ccccc%10)nc(-c%10cccc(-c%11ccccc%11)c%10)n9)c8)c7)c6)c5)c4)n3)cc2)cc1. The summed E-state index contributed by atoms with van der Waals surface area (Å²) in [5.41, 5.74) is 18.9. The zero-order valence-electron chi connectivity index (χ0n) is 42.4. The van der Waals surface area contributed by atoms with Crippen molar-refractivity contribution in [2.75, 3.05) is 0 Å². The second-order valence-electron chi connectivity index (χ2n) is 19.1. The Balaban J connectivity index is 0.790. The van der Waals surface area contributed by atoms with Crippen LogP contribution in [0.1, 0.15) is 0 Å². The Morgan fingerprint density at radius 3 is 0.551 bits per heavy atom. The molecule has 366 valence electrons. The second-order valence-corrected chi connectivity index (χ2v) is 19.1. The standard InChI is InChI=1S/C72H48N6/c1-5-19-49(20-6-1)51-39-41-54(42-40-51)69-73-67(52-23-9-3-10-24-52)74-70(77-69)65-37-17-34-62(47-65)60-32-14-30-58(44-60)56-28-13-29-57(43-56)59-31-15-33-61(45-59)63-35-18-38-66(48-63)72-76-68(53-25-11-4-12-26-53)75-71(78-72)64-36-16-27-55(46-64)50-21-7-2-8-22-50/h1-48H. The molecule has 11 aromatic carbocycles. The third kappa shape index (κ3) is 10.2. The first kappa shape index (κ1) is 47.2. The molecule has 13 aromatic rings. The highest BCUT2D eigenvalue weighted by molar-refractivity contribution is 5.82. The summed E-state index contributed by atoms with van der Waals surface area (Å²) in [5.74, 6) is 3.72. The van der Waals surface area contributed by atoms with E-state index >= 15 is 0 Å². The first-order chi connectivity index (χ1) is 38.6. The fourth-order valence-electron chi connectivity index (χ4n) is 9.92. The molecule has 0 unspecified atom stereocenters. The topological polar surface area (TPSA) is 77.3 Å². The molecule has 0 bridgehead atoms. The molecule has 2 aromatic heterocycles. The summed E-state index contributed by atoms with van der Waals surface area (Å²) < 4.78 is 0. The number of benzene rings is 11. The summed E-state index contributed by atoms with van der Waals surface area (Å²) in [6.45, 7) is 0. The molecular weight excluding hydrogens is 949 g/mol. The molecule has 0 aliphatic rings. The van der Waals surface area contributed by atoms with E-state index in [-0.39, 0.29) is 0 Å². The smallest absolute Gasteiger partial charge is 0.164 e. The maximum atomic E-state index is 5.12. The molecule has 0 saturated carbocycles. The van der Waals surface area contributed by atoms with Crippen LogP contribution in [0.5, 0.6) is 0 Å². The minimum absolute atomic E-state index is 0.613. The predicted octanol–water partition coefficient (Wildman–Crippen LogP) is 18.1. The first-order valence-electron chi connectivity index (χ1n) is 26.1. The number of aromatic nitrogens is 6. The maximum absolute atomic E-state index is 5.12. The summed E-state index contributed by atoms with van der Waals surface area (Å²) in [6, 6.07) is 101. The van der Waals surface area contributed by atoms with Gasteiger partial charge in [0.25, 0.3) is 0 Å². The Hall–Kier alpha value is -10.6. The van der Waals surface area contributed by atoms with E-state index in [9.17, 15) is 0 Å². The van der Waals surface area contributed by atoms with Crippen LogP contribution in [0.3, 0.4) is 0 Å². The van der Waals surface area contributed by atoms with Crippen LogP contribution >= 0.6 is 0 Å². The quantitative estimate of drug-likeness (QED) is 0.121. The van der Waals surface area contributed by atoms with Gasteiger partial charge in [0.1, 0.15) is 0 Å². The van der Waals surface area contributed by atoms with Crippen LogP contribution in [-0.4, -0.2) is 29.9 Å². The zero-order chi connectivity index (χ0) is 52.0. The van der Waals surface area contributed by atoms with E-state index in [0.717, 1.165) is 100 Å². The third-order valence-corrected chi connectivity index (χ3v) is 14.0. The monoisotopic (exact) mass is 996 g/mol. The summed E-state index contributed by atoms with van der Waals surface area (Å²) in [6.07, 6.45) is 0. The summed E-state index contributed by atoms with van der Waals surface area (Å²) in [4.78, 5) is 30.4. The molecule has 78 heavy (non-hydrogen) atoms. The molecule has 6 heteroatoms. The lowest BCUT2D eigenvalue weighted by atomic mass is 9.94. The van der Waals surface area contributed by atoms with Crippen LogP contribution in [0.4, 0.5) is 0 Å². The van der Waals surface area contributed by atoms with Gasteiger partial charge in [0.05, 0.1) is 0 Å². The maximum Gasteiger partial charge on any atom is 0.164 e. The van der Waals surface area contributed by atoms with Crippen LogP contribution < -0.4 is 0 Å². The second kappa shape index (κ2) is 21.4. The average molecular weight is 997 g/mol. The lowest BCUT2D eigenvalue weighted by Crippen LogP contribution is -2.00. The van der Waals surface area contributed by atoms with Gasteiger partial charge in [0.15, 0.2) is 34.9 Å². The van der Waals surface area contributed by atoms with Crippen molar-refractivity contribution in [3.8, 4) is 135 Å². The van der Waals surface area contributed by atoms with Crippen molar-refractivity contribution in [2.45, 2.75) is 0 Å².